The minimum atomic E-state index is -1.02. The average molecular weight is 389 g/mol. The second-order valence-corrected chi connectivity index (χ2v) is 6.93. The van der Waals surface area contributed by atoms with Crippen molar-refractivity contribution >= 4 is 34.3 Å². The number of halogens is 2. The van der Waals surface area contributed by atoms with Gasteiger partial charge in [0.1, 0.15) is 5.58 Å². The quantitative estimate of drug-likeness (QED) is 0.631. The van der Waals surface area contributed by atoms with Gasteiger partial charge in [0.05, 0.1) is 5.75 Å². The molecule has 0 atom stereocenters. The highest BCUT2D eigenvalue weighted by Gasteiger charge is 2.09. The van der Waals surface area contributed by atoms with E-state index in [-0.39, 0.29) is 17.3 Å². The van der Waals surface area contributed by atoms with Crippen molar-refractivity contribution in [2.45, 2.75) is 19.1 Å². The summed E-state index contributed by atoms with van der Waals surface area (Å²) in [5, 5.41) is 3.35. The molecule has 1 heterocycles. The average Bonchev–Trinajstić information content (AvgIpc) is 2.64. The van der Waals surface area contributed by atoms with E-state index in [1.807, 2.05) is 25.1 Å². The molecular weight excluding hydrogens is 372 g/mol. The van der Waals surface area contributed by atoms with Gasteiger partial charge in [-0.3, -0.25) is 4.79 Å². The van der Waals surface area contributed by atoms with E-state index in [9.17, 15) is 18.4 Å². The van der Waals surface area contributed by atoms with Gasteiger partial charge >= 0.3 is 5.63 Å². The van der Waals surface area contributed by atoms with Crippen molar-refractivity contribution < 1.29 is 18.0 Å². The molecule has 1 aromatic heterocycles. The van der Waals surface area contributed by atoms with E-state index < -0.39 is 17.3 Å². The van der Waals surface area contributed by atoms with Crippen LogP contribution in [0.4, 0.5) is 14.5 Å². The summed E-state index contributed by atoms with van der Waals surface area (Å²) >= 11 is 1.31. The molecule has 1 amide bonds. The maximum absolute atomic E-state index is 13.2. The number of rotatable bonds is 6. The molecule has 0 unspecified atom stereocenters. The van der Waals surface area contributed by atoms with Crippen molar-refractivity contribution in [1.82, 2.24) is 0 Å². The molecule has 0 bridgehead atoms. The Balaban J connectivity index is 1.65. The van der Waals surface area contributed by atoms with Gasteiger partial charge in [-0.15, -0.1) is 11.8 Å². The smallest absolute Gasteiger partial charge is 0.336 e. The predicted molar refractivity (Wildman–Crippen MR) is 103 cm³/mol. The van der Waals surface area contributed by atoms with Crippen LogP contribution >= 0.6 is 11.8 Å². The zero-order valence-electron chi connectivity index (χ0n) is 14.6. The van der Waals surface area contributed by atoms with Crippen molar-refractivity contribution in [2.75, 3.05) is 11.1 Å². The fourth-order valence-electron chi connectivity index (χ4n) is 2.64. The first-order valence-corrected chi connectivity index (χ1v) is 9.50. The van der Waals surface area contributed by atoms with Crippen LogP contribution in [-0.4, -0.2) is 11.7 Å². The molecular formula is C20H17F2NO3S. The van der Waals surface area contributed by atoms with E-state index in [1.54, 1.807) is 0 Å². The number of benzene rings is 2. The topological polar surface area (TPSA) is 59.3 Å². The first-order chi connectivity index (χ1) is 13.0. The monoisotopic (exact) mass is 389 g/mol. The summed E-state index contributed by atoms with van der Waals surface area (Å²) in [4.78, 5) is 23.8. The van der Waals surface area contributed by atoms with Crippen molar-refractivity contribution in [3.05, 3.63) is 75.6 Å². The number of thioether (sulfide) groups is 1. The minimum absolute atomic E-state index is 0.105. The largest absolute Gasteiger partial charge is 0.423 e. The first kappa shape index (κ1) is 19.1. The lowest BCUT2D eigenvalue weighted by Gasteiger charge is -2.08. The highest BCUT2D eigenvalue weighted by atomic mass is 32.2. The summed E-state index contributed by atoms with van der Waals surface area (Å²) in [6.45, 7) is 2.02. The maximum atomic E-state index is 13.2. The van der Waals surface area contributed by atoms with Crippen LogP contribution in [0.2, 0.25) is 0 Å². The number of amides is 1. The molecule has 0 radical (unpaired) electrons. The highest BCUT2D eigenvalue weighted by Crippen LogP contribution is 2.23. The Morgan fingerprint density at radius 1 is 1.11 bits per heavy atom. The van der Waals surface area contributed by atoms with Gasteiger partial charge in [0.25, 0.3) is 0 Å². The van der Waals surface area contributed by atoms with E-state index in [4.69, 9.17) is 4.42 Å². The number of anilines is 1. The normalized spacial score (nSPS) is 10.9. The van der Waals surface area contributed by atoms with Crippen LogP contribution in [0, 0.1) is 11.6 Å². The molecule has 1 N–H and O–H groups in total. The lowest BCUT2D eigenvalue weighted by molar-refractivity contribution is -0.113. The molecule has 140 valence electrons. The molecule has 3 rings (SSSR count). The number of hydrogen-bond acceptors (Lipinski definition) is 4. The van der Waals surface area contributed by atoms with Crippen LogP contribution in [0.25, 0.3) is 11.0 Å². The molecule has 4 nitrogen and oxygen atoms in total. The Morgan fingerprint density at radius 3 is 2.67 bits per heavy atom. The van der Waals surface area contributed by atoms with Crippen LogP contribution in [0.5, 0.6) is 0 Å². The van der Waals surface area contributed by atoms with Gasteiger partial charge in [0, 0.05) is 29.0 Å². The minimum Gasteiger partial charge on any atom is -0.423 e. The second-order valence-electron chi connectivity index (χ2n) is 5.94. The van der Waals surface area contributed by atoms with Crippen LogP contribution in [0.15, 0.2) is 51.7 Å². The van der Waals surface area contributed by atoms with Crippen molar-refractivity contribution in [2.24, 2.45) is 0 Å². The second kappa shape index (κ2) is 8.35. The number of aryl methyl sites for hydroxylation is 1. The fourth-order valence-corrected chi connectivity index (χ4v) is 3.46. The van der Waals surface area contributed by atoms with Crippen molar-refractivity contribution in [1.29, 1.82) is 0 Å². The molecule has 3 aromatic rings. The molecule has 2 aromatic carbocycles. The van der Waals surface area contributed by atoms with Crippen LogP contribution in [-0.2, 0) is 17.0 Å². The van der Waals surface area contributed by atoms with Gasteiger partial charge in [-0.25, -0.2) is 13.6 Å². The molecule has 27 heavy (non-hydrogen) atoms. The Bertz CT molecular complexity index is 1050. The van der Waals surface area contributed by atoms with Gasteiger partial charge in [-0.1, -0.05) is 19.1 Å². The SMILES string of the molecule is CCc1ccc2c(CSCC(=O)Nc3ccc(F)c(F)c3)cc(=O)oc2c1. The zero-order chi connectivity index (χ0) is 19.4. The van der Waals surface area contributed by atoms with Gasteiger partial charge in [-0.05, 0) is 35.7 Å². The van der Waals surface area contributed by atoms with Gasteiger partial charge < -0.3 is 9.73 Å². The Kier molecular flexibility index (Phi) is 5.91. The summed E-state index contributed by atoms with van der Waals surface area (Å²) in [7, 11) is 0. The molecule has 0 spiro atoms. The number of carbonyl (C=O) groups excluding carboxylic acids is 1. The lowest BCUT2D eigenvalue weighted by Crippen LogP contribution is -2.14. The third-order valence-electron chi connectivity index (χ3n) is 4.00. The number of carbonyl (C=O) groups is 1. The van der Waals surface area contributed by atoms with E-state index >= 15 is 0 Å². The number of fused-ring (bicyclic) bond motifs is 1. The maximum Gasteiger partial charge on any atom is 0.336 e. The lowest BCUT2D eigenvalue weighted by atomic mass is 10.1. The molecule has 0 aliphatic carbocycles. The third kappa shape index (κ3) is 4.74. The van der Waals surface area contributed by atoms with Crippen LogP contribution in [0.1, 0.15) is 18.1 Å². The highest BCUT2D eigenvalue weighted by molar-refractivity contribution is 7.99. The summed E-state index contributed by atoms with van der Waals surface area (Å²) in [5.41, 5.74) is 2.15. The van der Waals surface area contributed by atoms with Gasteiger partial charge in [-0.2, -0.15) is 0 Å². The van der Waals surface area contributed by atoms with Crippen molar-refractivity contribution in [3.63, 3.8) is 0 Å². The zero-order valence-corrected chi connectivity index (χ0v) is 15.4. The molecule has 0 aliphatic heterocycles. The Hall–Kier alpha value is -2.67. The summed E-state index contributed by atoms with van der Waals surface area (Å²) in [5.74, 6) is -1.78. The fraction of sp³-hybridized carbons (Fsp3) is 0.200. The summed E-state index contributed by atoms with van der Waals surface area (Å²) < 4.78 is 31.3. The first-order valence-electron chi connectivity index (χ1n) is 8.34. The van der Waals surface area contributed by atoms with Gasteiger partial charge in [0.15, 0.2) is 11.6 Å². The van der Waals surface area contributed by atoms with Crippen LogP contribution in [0.3, 0.4) is 0 Å². The van der Waals surface area contributed by atoms with E-state index in [0.717, 1.165) is 35.1 Å². The third-order valence-corrected chi connectivity index (χ3v) is 4.98. The van der Waals surface area contributed by atoms with Gasteiger partial charge in [0.2, 0.25) is 5.91 Å². The standard InChI is InChI=1S/C20H17F2NO3S/c1-2-12-3-5-15-13(8-20(25)26-18(15)7-12)10-27-11-19(24)23-14-4-6-16(21)17(22)9-14/h3-9H,2,10-11H2,1H3,(H,23,24). The Labute approximate surface area is 158 Å². The summed E-state index contributed by atoms with van der Waals surface area (Å²) in [6, 6.07) is 10.3. The molecule has 7 heteroatoms. The molecule has 0 saturated carbocycles. The molecule has 0 saturated heterocycles. The molecule has 0 fully saturated rings. The summed E-state index contributed by atoms with van der Waals surface area (Å²) in [6.07, 6.45) is 0.836. The number of hydrogen-bond donors (Lipinski definition) is 1. The predicted octanol–water partition coefficient (Wildman–Crippen LogP) is 4.51. The Morgan fingerprint density at radius 2 is 1.93 bits per heavy atom. The van der Waals surface area contributed by atoms with E-state index in [1.165, 1.54) is 23.9 Å². The number of nitrogens with one attached hydrogen (secondary N) is 1. The van der Waals surface area contributed by atoms with Crippen molar-refractivity contribution in [3.8, 4) is 0 Å². The molecule has 0 aliphatic rings. The van der Waals surface area contributed by atoms with E-state index in [0.29, 0.717) is 11.3 Å². The van der Waals surface area contributed by atoms with Crippen LogP contribution < -0.4 is 10.9 Å². The van der Waals surface area contributed by atoms with E-state index in [2.05, 4.69) is 5.32 Å².